The summed E-state index contributed by atoms with van der Waals surface area (Å²) in [7, 11) is 0. The molecule has 2 heterocycles. The van der Waals surface area contributed by atoms with Crippen LogP contribution in [0.25, 0.3) is 0 Å². The van der Waals surface area contributed by atoms with Crippen molar-refractivity contribution in [2.24, 2.45) is 0 Å². The van der Waals surface area contributed by atoms with Gasteiger partial charge in [-0.05, 0) is 49.9 Å². The van der Waals surface area contributed by atoms with Crippen LogP contribution in [0, 0.1) is 0 Å². The van der Waals surface area contributed by atoms with E-state index in [0.29, 0.717) is 16.4 Å². The van der Waals surface area contributed by atoms with E-state index in [0.717, 1.165) is 37.1 Å². The Kier molecular flexibility index (Phi) is 4.64. The molecule has 1 atom stereocenters. The molecule has 0 saturated carbocycles. The molecule has 0 aromatic heterocycles. The minimum absolute atomic E-state index is 0.0188. The van der Waals surface area contributed by atoms with E-state index in [2.05, 4.69) is 6.92 Å². The summed E-state index contributed by atoms with van der Waals surface area (Å²) in [6.45, 7) is 2.85. The van der Waals surface area contributed by atoms with Crippen molar-refractivity contribution in [1.29, 1.82) is 0 Å². The number of hydrogen-bond donors (Lipinski definition) is 0. The summed E-state index contributed by atoms with van der Waals surface area (Å²) in [5, 5.41) is 0.569. The van der Waals surface area contributed by atoms with Crippen LogP contribution in [0.1, 0.15) is 32.6 Å². The lowest BCUT2D eigenvalue weighted by Gasteiger charge is -2.37. The van der Waals surface area contributed by atoms with E-state index in [4.69, 9.17) is 23.2 Å². The molecule has 1 aromatic carbocycles. The predicted molar refractivity (Wildman–Crippen MR) is 91.5 cm³/mol. The Morgan fingerprint density at radius 3 is 2.43 bits per heavy atom. The average Bonchev–Trinajstić information content (AvgIpc) is 2.78. The van der Waals surface area contributed by atoms with Gasteiger partial charge in [-0.3, -0.25) is 9.59 Å². The summed E-state index contributed by atoms with van der Waals surface area (Å²) in [5.41, 5.74) is 0.834. The van der Waals surface area contributed by atoms with Crippen molar-refractivity contribution >= 4 is 40.7 Å². The van der Waals surface area contributed by atoms with E-state index < -0.39 is 5.91 Å². The highest BCUT2D eigenvalue weighted by atomic mass is 35.5. The fourth-order valence-electron chi connectivity index (χ4n) is 3.28. The van der Waals surface area contributed by atoms with Crippen LogP contribution >= 0.6 is 23.2 Å². The number of hydrogen-bond acceptors (Lipinski definition) is 3. The van der Waals surface area contributed by atoms with Gasteiger partial charge in [-0.2, -0.15) is 0 Å². The molecular weight excluding hydrogens is 335 g/mol. The molecule has 2 aliphatic heterocycles. The Labute approximate surface area is 145 Å². The first kappa shape index (κ1) is 16.3. The lowest BCUT2D eigenvalue weighted by Crippen LogP contribution is -2.42. The van der Waals surface area contributed by atoms with E-state index >= 15 is 0 Å². The number of carbonyl (C=O) groups is 2. The molecule has 6 heteroatoms. The van der Waals surface area contributed by atoms with Gasteiger partial charge in [0, 0.05) is 17.6 Å². The molecule has 1 saturated heterocycles. The first-order valence-corrected chi connectivity index (χ1v) is 8.61. The quantitative estimate of drug-likeness (QED) is 0.773. The summed E-state index contributed by atoms with van der Waals surface area (Å²) in [6, 6.07) is 6.87. The fraction of sp³-hybridized carbons (Fsp3) is 0.412. The maximum atomic E-state index is 12.9. The molecule has 1 aromatic rings. The lowest BCUT2D eigenvalue weighted by atomic mass is 9.99. The maximum Gasteiger partial charge on any atom is 0.283 e. The van der Waals surface area contributed by atoms with Gasteiger partial charge in [-0.15, -0.1) is 0 Å². The van der Waals surface area contributed by atoms with Crippen LogP contribution < -0.4 is 4.90 Å². The van der Waals surface area contributed by atoms with Crippen molar-refractivity contribution in [3.8, 4) is 0 Å². The van der Waals surface area contributed by atoms with Gasteiger partial charge in [0.2, 0.25) is 0 Å². The van der Waals surface area contributed by atoms with Gasteiger partial charge in [0.25, 0.3) is 11.8 Å². The molecular formula is C17H18Cl2N2O2. The molecule has 0 spiro atoms. The largest absolute Gasteiger partial charge is 0.363 e. The second-order valence-corrected chi connectivity index (χ2v) is 6.65. The average molecular weight is 353 g/mol. The van der Waals surface area contributed by atoms with E-state index in [1.165, 1.54) is 0 Å². The lowest BCUT2D eigenvalue weighted by molar-refractivity contribution is -0.121. The number of rotatable bonds is 3. The highest BCUT2D eigenvalue weighted by Gasteiger charge is 2.43. The first-order valence-electron chi connectivity index (χ1n) is 7.85. The number of nitrogens with zero attached hydrogens (tertiary/aromatic N) is 2. The number of benzene rings is 1. The molecule has 23 heavy (non-hydrogen) atoms. The Morgan fingerprint density at radius 1 is 1.09 bits per heavy atom. The zero-order valence-electron chi connectivity index (χ0n) is 12.9. The first-order chi connectivity index (χ1) is 11.0. The highest BCUT2D eigenvalue weighted by Crippen LogP contribution is 2.35. The molecule has 1 fully saturated rings. The molecule has 2 aliphatic rings. The monoisotopic (exact) mass is 352 g/mol. The minimum Gasteiger partial charge on any atom is -0.363 e. The maximum absolute atomic E-state index is 12.9. The van der Waals surface area contributed by atoms with Gasteiger partial charge in [0.1, 0.15) is 10.7 Å². The number of likely N-dealkylation sites (tertiary alicyclic amines) is 1. The van der Waals surface area contributed by atoms with Gasteiger partial charge >= 0.3 is 0 Å². The third-order valence-corrected chi connectivity index (χ3v) is 5.07. The Hall–Kier alpha value is -1.52. The van der Waals surface area contributed by atoms with Crippen molar-refractivity contribution < 1.29 is 9.59 Å². The SMILES string of the molecule is CCC1CCCCN1C1=C(Cl)C(=O)N(c2ccc(Cl)cc2)C1=O. The Bertz CT molecular complexity index is 670. The third-order valence-electron chi connectivity index (χ3n) is 4.47. The molecule has 1 unspecified atom stereocenters. The smallest absolute Gasteiger partial charge is 0.283 e. The number of amides is 2. The minimum atomic E-state index is -0.464. The van der Waals surface area contributed by atoms with Crippen LogP contribution in [0.3, 0.4) is 0 Å². The molecule has 0 aliphatic carbocycles. The zero-order chi connectivity index (χ0) is 16.6. The summed E-state index contributed by atoms with van der Waals surface area (Å²) < 4.78 is 0. The van der Waals surface area contributed by atoms with Crippen LogP contribution in [0.5, 0.6) is 0 Å². The molecule has 4 nitrogen and oxygen atoms in total. The van der Waals surface area contributed by atoms with E-state index in [1.54, 1.807) is 24.3 Å². The topological polar surface area (TPSA) is 40.6 Å². The second kappa shape index (κ2) is 6.54. The highest BCUT2D eigenvalue weighted by molar-refractivity contribution is 6.52. The van der Waals surface area contributed by atoms with Crippen molar-refractivity contribution in [2.75, 3.05) is 11.4 Å². The van der Waals surface area contributed by atoms with Gasteiger partial charge < -0.3 is 4.90 Å². The van der Waals surface area contributed by atoms with E-state index in [-0.39, 0.29) is 17.0 Å². The van der Waals surface area contributed by atoms with Crippen LogP contribution in [0.2, 0.25) is 5.02 Å². The van der Waals surface area contributed by atoms with Crippen molar-refractivity contribution in [1.82, 2.24) is 4.90 Å². The number of piperidine rings is 1. The van der Waals surface area contributed by atoms with Crippen LogP contribution in [0.15, 0.2) is 35.0 Å². The summed E-state index contributed by atoms with van der Waals surface area (Å²) >= 11 is 12.1. The normalized spacial score (nSPS) is 22.3. The van der Waals surface area contributed by atoms with Gasteiger partial charge in [0.15, 0.2) is 0 Å². The summed E-state index contributed by atoms with van der Waals surface area (Å²) in [5.74, 6) is -0.808. The second-order valence-electron chi connectivity index (χ2n) is 5.84. The molecule has 0 N–H and O–H groups in total. The standard InChI is InChI=1S/C17H18Cl2N2O2/c1-2-12-5-3-4-10-20(12)15-14(19)16(22)21(17(15)23)13-8-6-11(18)7-9-13/h6-9,12H,2-5,10H2,1H3. The van der Waals surface area contributed by atoms with Gasteiger partial charge in [0.05, 0.1) is 5.69 Å². The summed E-state index contributed by atoms with van der Waals surface area (Å²) in [4.78, 5) is 28.5. The van der Waals surface area contributed by atoms with E-state index in [1.807, 2.05) is 4.90 Å². The summed E-state index contributed by atoms with van der Waals surface area (Å²) in [6.07, 6.45) is 4.10. The molecule has 0 bridgehead atoms. The van der Waals surface area contributed by atoms with Crippen LogP contribution in [-0.4, -0.2) is 29.3 Å². The fourth-order valence-corrected chi connectivity index (χ4v) is 3.68. The number of carbonyl (C=O) groups excluding carboxylic acids is 2. The van der Waals surface area contributed by atoms with Gasteiger partial charge in [-0.1, -0.05) is 30.1 Å². The van der Waals surface area contributed by atoms with Crippen molar-refractivity contribution in [3.63, 3.8) is 0 Å². The Morgan fingerprint density at radius 2 is 1.78 bits per heavy atom. The number of anilines is 1. The van der Waals surface area contributed by atoms with Crippen LogP contribution in [-0.2, 0) is 9.59 Å². The molecule has 122 valence electrons. The number of imide groups is 1. The number of halogens is 2. The molecule has 3 rings (SSSR count). The predicted octanol–water partition coefficient (Wildman–Crippen LogP) is 3.93. The van der Waals surface area contributed by atoms with E-state index in [9.17, 15) is 9.59 Å². The third kappa shape index (κ3) is 2.86. The molecule has 2 amide bonds. The van der Waals surface area contributed by atoms with Gasteiger partial charge in [-0.25, -0.2) is 4.90 Å². The van der Waals surface area contributed by atoms with Crippen molar-refractivity contribution in [2.45, 2.75) is 38.6 Å². The Balaban J connectivity index is 1.94. The van der Waals surface area contributed by atoms with Crippen LogP contribution in [0.4, 0.5) is 5.69 Å². The van der Waals surface area contributed by atoms with Crippen molar-refractivity contribution in [3.05, 3.63) is 40.0 Å². The zero-order valence-corrected chi connectivity index (χ0v) is 14.4. The molecule has 0 radical (unpaired) electrons.